The van der Waals surface area contributed by atoms with Crippen LogP contribution < -0.4 is 16.4 Å². The van der Waals surface area contributed by atoms with Crippen LogP contribution in [-0.2, 0) is 4.79 Å². The molecule has 0 saturated heterocycles. The van der Waals surface area contributed by atoms with E-state index in [0.717, 1.165) is 28.0 Å². The van der Waals surface area contributed by atoms with E-state index in [1.165, 1.54) is 24.2 Å². The number of nitrogens with zero attached hydrogens (tertiary/aromatic N) is 5. The summed E-state index contributed by atoms with van der Waals surface area (Å²) in [4.78, 5) is 15.9. The predicted molar refractivity (Wildman–Crippen MR) is 116 cm³/mol. The van der Waals surface area contributed by atoms with E-state index in [1.54, 1.807) is 30.7 Å². The van der Waals surface area contributed by atoms with Gasteiger partial charge in [-0.15, -0.1) is 20.4 Å². The Kier molecular flexibility index (Phi) is 5.59. The van der Waals surface area contributed by atoms with Crippen LogP contribution in [-0.4, -0.2) is 46.6 Å². The second kappa shape index (κ2) is 8.15. The average Bonchev–Trinajstić information content (AvgIpc) is 3.27. The highest BCUT2D eigenvalue weighted by Crippen LogP contribution is 2.66. The molecule has 2 aliphatic rings. The molecule has 4 N–H and O–H groups in total. The molecule has 0 aromatic carbocycles. The van der Waals surface area contributed by atoms with Gasteiger partial charge in [0.05, 0.1) is 6.42 Å². The van der Waals surface area contributed by atoms with Crippen molar-refractivity contribution in [3.63, 3.8) is 0 Å². The Bertz CT molecular complexity index is 935. The maximum absolute atomic E-state index is 12.0. The van der Waals surface area contributed by atoms with E-state index in [-0.39, 0.29) is 12.3 Å². The molecule has 154 valence electrons. The van der Waals surface area contributed by atoms with Crippen LogP contribution in [0.5, 0.6) is 0 Å². The number of nitrogens with two attached hydrogens (primary N) is 1. The molecule has 0 atom stereocenters. The van der Waals surface area contributed by atoms with Crippen molar-refractivity contribution in [3.8, 4) is 0 Å². The molecule has 0 unspecified atom stereocenters. The second-order valence-electron chi connectivity index (χ2n) is 7.73. The van der Waals surface area contributed by atoms with Crippen molar-refractivity contribution in [2.24, 2.45) is 16.1 Å². The van der Waals surface area contributed by atoms with E-state index in [4.69, 9.17) is 5.73 Å². The average molecular weight is 433 g/mol. The highest BCUT2D eigenvalue weighted by Gasteiger charge is 2.55. The summed E-state index contributed by atoms with van der Waals surface area (Å²) in [6.07, 6.45) is 7.91. The normalized spacial score (nSPS) is 26.3. The number of rotatable bonds is 7. The van der Waals surface area contributed by atoms with Gasteiger partial charge in [0.1, 0.15) is 10.0 Å². The Morgan fingerprint density at radius 2 is 1.72 bits per heavy atom. The zero-order valence-corrected chi connectivity index (χ0v) is 18.0. The lowest BCUT2D eigenvalue weighted by atomic mass is 9.48. The summed E-state index contributed by atoms with van der Waals surface area (Å²) in [6, 6.07) is 0. The number of allylic oxidation sites excluding steroid dienone is 1. The van der Waals surface area contributed by atoms with Crippen molar-refractivity contribution >= 4 is 45.1 Å². The molecule has 11 heteroatoms. The fourth-order valence-corrected chi connectivity index (χ4v) is 5.84. The Balaban J connectivity index is 1.25. The number of carbonyl (C=O) groups excluding carboxylic acids is 1. The maximum atomic E-state index is 12.0. The molecular formula is C18H24N8OS2. The van der Waals surface area contributed by atoms with Crippen molar-refractivity contribution in [2.75, 3.05) is 24.7 Å². The molecule has 2 heterocycles. The number of carbonyl (C=O) groups is 1. The molecule has 0 aliphatic heterocycles. The van der Waals surface area contributed by atoms with Crippen LogP contribution in [0.25, 0.3) is 0 Å². The zero-order valence-electron chi connectivity index (χ0n) is 16.4. The molecule has 0 bridgehead atoms. The van der Waals surface area contributed by atoms with E-state index in [2.05, 4.69) is 36.0 Å². The molecule has 4 rings (SSSR count). The molecular weight excluding hydrogens is 408 g/mol. The summed E-state index contributed by atoms with van der Waals surface area (Å²) >= 11 is 3.11. The third-order valence-corrected chi connectivity index (χ3v) is 7.66. The highest BCUT2D eigenvalue weighted by atomic mass is 32.1. The van der Waals surface area contributed by atoms with E-state index in [9.17, 15) is 4.79 Å². The maximum Gasteiger partial charge on any atom is 0.232 e. The molecule has 1 spiro atoms. The number of hydrogen-bond acceptors (Lipinski definition) is 10. The van der Waals surface area contributed by atoms with Gasteiger partial charge < -0.3 is 16.4 Å². The minimum atomic E-state index is -0.198. The highest BCUT2D eigenvalue weighted by molar-refractivity contribution is 7.15. The number of aliphatic imine (C=N–C) groups is 1. The van der Waals surface area contributed by atoms with Gasteiger partial charge in [0.25, 0.3) is 0 Å². The molecule has 2 aromatic rings. The lowest BCUT2D eigenvalue weighted by Crippen LogP contribution is -2.45. The molecule has 2 aromatic heterocycles. The van der Waals surface area contributed by atoms with E-state index >= 15 is 0 Å². The van der Waals surface area contributed by atoms with Crippen LogP contribution in [0.3, 0.4) is 0 Å². The first-order valence-corrected chi connectivity index (χ1v) is 11.1. The van der Waals surface area contributed by atoms with Crippen molar-refractivity contribution in [1.29, 1.82) is 0 Å². The smallest absolute Gasteiger partial charge is 0.232 e. The third kappa shape index (κ3) is 4.30. The van der Waals surface area contributed by atoms with Crippen LogP contribution >= 0.6 is 22.7 Å². The summed E-state index contributed by atoms with van der Waals surface area (Å²) < 4.78 is 0. The Morgan fingerprint density at radius 1 is 1.14 bits per heavy atom. The number of hydrogen-bond donors (Lipinski definition) is 3. The lowest BCUT2D eigenvalue weighted by Gasteiger charge is -2.56. The summed E-state index contributed by atoms with van der Waals surface area (Å²) in [5.74, 6) is 0.777. The van der Waals surface area contributed by atoms with E-state index in [0.29, 0.717) is 28.1 Å². The largest absolute Gasteiger partial charge is 0.402 e. The number of anilines is 2. The first kappa shape index (κ1) is 19.9. The molecule has 2 fully saturated rings. The zero-order chi connectivity index (χ0) is 20.4. The molecule has 2 saturated carbocycles. The van der Waals surface area contributed by atoms with Crippen LogP contribution in [0.2, 0.25) is 0 Å². The van der Waals surface area contributed by atoms with Crippen LogP contribution in [0.15, 0.2) is 16.8 Å². The minimum Gasteiger partial charge on any atom is -0.402 e. The van der Waals surface area contributed by atoms with Crippen LogP contribution in [0, 0.1) is 5.41 Å². The summed E-state index contributed by atoms with van der Waals surface area (Å²) in [7, 11) is 3.52. The number of aromatic nitrogens is 4. The standard InChI is InChI=1S/C18H24N8OS2/c1-20-4-3-12(19)5-13(27)22-17-26-24-15(29-17)11-8-18(9-11)6-10(7-18)14-23-25-16(21-2)28-14/h3-4,10-11H,5-9,19H2,1-2H3,(H,21,25)(H,22,26,27). The second-order valence-corrected chi connectivity index (χ2v) is 9.74. The quantitative estimate of drug-likeness (QED) is 0.573. The summed E-state index contributed by atoms with van der Waals surface area (Å²) in [5, 5.41) is 26.2. The van der Waals surface area contributed by atoms with Gasteiger partial charge in [-0.2, -0.15) is 0 Å². The summed E-state index contributed by atoms with van der Waals surface area (Å²) in [6.45, 7) is 0. The van der Waals surface area contributed by atoms with Crippen molar-refractivity contribution < 1.29 is 4.79 Å². The fourth-order valence-electron chi connectivity index (χ4n) is 4.18. The summed E-state index contributed by atoms with van der Waals surface area (Å²) in [5.41, 5.74) is 6.66. The van der Waals surface area contributed by atoms with E-state index in [1.807, 2.05) is 7.05 Å². The molecule has 9 nitrogen and oxygen atoms in total. The number of nitrogens with one attached hydrogen (secondary N) is 2. The van der Waals surface area contributed by atoms with Crippen molar-refractivity contribution in [3.05, 3.63) is 21.8 Å². The van der Waals surface area contributed by atoms with Gasteiger partial charge in [-0.25, -0.2) is 0 Å². The molecule has 0 radical (unpaired) electrons. The molecule has 1 amide bonds. The Morgan fingerprint density at radius 3 is 2.28 bits per heavy atom. The SMILES string of the molecule is CN=CC=C(N)CC(=O)Nc1nnc(C2CC3(CC(c4nnc(NC)s4)C3)C2)s1. The molecule has 2 aliphatic carbocycles. The van der Waals surface area contributed by atoms with Gasteiger partial charge in [0.15, 0.2) is 0 Å². The van der Waals surface area contributed by atoms with Crippen molar-refractivity contribution in [1.82, 2.24) is 20.4 Å². The lowest BCUT2D eigenvalue weighted by molar-refractivity contribution is -0.115. The minimum absolute atomic E-state index is 0.107. The van der Waals surface area contributed by atoms with Crippen LogP contribution in [0.1, 0.15) is 54.0 Å². The fraction of sp³-hybridized carbons (Fsp3) is 0.556. The van der Waals surface area contributed by atoms with Crippen molar-refractivity contribution in [2.45, 2.75) is 43.9 Å². The molecule has 29 heavy (non-hydrogen) atoms. The monoisotopic (exact) mass is 432 g/mol. The van der Waals surface area contributed by atoms with Crippen LogP contribution in [0.4, 0.5) is 10.3 Å². The van der Waals surface area contributed by atoms with E-state index < -0.39 is 0 Å². The van der Waals surface area contributed by atoms with Gasteiger partial charge in [0.2, 0.25) is 16.2 Å². The van der Waals surface area contributed by atoms with Gasteiger partial charge in [-0.3, -0.25) is 9.79 Å². The Hall–Kier alpha value is -2.40. The topological polar surface area (TPSA) is 131 Å². The predicted octanol–water partition coefficient (Wildman–Crippen LogP) is 2.74. The van der Waals surface area contributed by atoms with Gasteiger partial charge in [-0.1, -0.05) is 22.7 Å². The number of amides is 1. The first-order valence-electron chi connectivity index (χ1n) is 9.51. The van der Waals surface area contributed by atoms with Gasteiger partial charge in [-0.05, 0) is 37.2 Å². The third-order valence-electron chi connectivity index (χ3n) is 5.56. The van der Waals surface area contributed by atoms with Gasteiger partial charge in [0, 0.05) is 37.8 Å². The Labute approximate surface area is 176 Å². The first-order chi connectivity index (χ1) is 14.0. The van der Waals surface area contributed by atoms with Gasteiger partial charge >= 0.3 is 0 Å².